The van der Waals surface area contributed by atoms with Gasteiger partial charge in [0.2, 0.25) is 3.68 Å². The molecule has 1 aromatic carbocycles. The molecule has 7 nitrogen and oxygen atoms in total. The standard InChI is InChI=1S/C26H25F2IN6O/c1-31-11-18(10-30)16-7-19-17(13-33-25(19)32-12-16)6-15-9-26(28,29)23(8-20(15)27)36-14-24-34-21-4-2-3-5-22(21)35-24/h2-5,7,9-13,20,23H,6,8,14,30H2,1H3,(H,32,33)(H,34,35). The van der Waals surface area contributed by atoms with Gasteiger partial charge in [0.25, 0.3) is 0 Å². The SMILES string of the molecule is CN=CC(=CN)c1cnc2[nH]cc(CC3=CC(F)(I)C(OCc4nc5ccccc5[nH]4)CC3F)c2c1. The monoisotopic (exact) mass is 602 g/mol. The van der Waals surface area contributed by atoms with Gasteiger partial charge in [0.15, 0.2) is 0 Å². The van der Waals surface area contributed by atoms with Crippen molar-refractivity contribution in [3.63, 3.8) is 0 Å². The lowest BCUT2D eigenvalue weighted by Gasteiger charge is -2.33. The maximum Gasteiger partial charge on any atom is 0.205 e. The number of alkyl halides is 3. The highest BCUT2D eigenvalue weighted by Gasteiger charge is 2.43. The number of imidazole rings is 1. The van der Waals surface area contributed by atoms with Gasteiger partial charge in [-0.05, 0) is 64.4 Å². The summed E-state index contributed by atoms with van der Waals surface area (Å²) in [5.74, 6) is 0.578. The van der Waals surface area contributed by atoms with Crippen molar-refractivity contribution < 1.29 is 13.5 Å². The predicted octanol–water partition coefficient (Wildman–Crippen LogP) is 5.34. The highest BCUT2D eigenvalue weighted by Crippen LogP contribution is 2.41. The Labute approximate surface area is 220 Å². The Balaban J connectivity index is 1.34. The minimum Gasteiger partial charge on any atom is -0.404 e. The molecule has 0 amide bonds. The Bertz CT molecular complexity index is 1460. The molecule has 0 spiro atoms. The molecule has 1 aliphatic carbocycles. The average Bonchev–Trinajstić information content (AvgIpc) is 3.47. The van der Waals surface area contributed by atoms with Crippen LogP contribution in [0.5, 0.6) is 0 Å². The van der Waals surface area contributed by atoms with E-state index < -0.39 is 16.0 Å². The number of halogens is 3. The van der Waals surface area contributed by atoms with Gasteiger partial charge in [0, 0.05) is 54.8 Å². The van der Waals surface area contributed by atoms with Crippen molar-refractivity contribution >= 4 is 56.4 Å². The summed E-state index contributed by atoms with van der Waals surface area (Å²) in [5.41, 5.74) is 10.8. The molecule has 0 fully saturated rings. The molecule has 0 bridgehead atoms. The Morgan fingerprint density at radius 2 is 2.22 bits per heavy atom. The predicted molar refractivity (Wildman–Crippen MR) is 147 cm³/mol. The van der Waals surface area contributed by atoms with E-state index in [0.29, 0.717) is 17.0 Å². The molecular formula is C26H25F2IN6O. The number of nitrogens with one attached hydrogen (secondary N) is 2. The van der Waals surface area contributed by atoms with Crippen LogP contribution in [0.4, 0.5) is 8.78 Å². The molecule has 3 heterocycles. The van der Waals surface area contributed by atoms with Crippen LogP contribution in [0.1, 0.15) is 23.4 Å². The van der Waals surface area contributed by atoms with Gasteiger partial charge in [-0.15, -0.1) is 0 Å². The molecular weight excluding hydrogens is 577 g/mol. The van der Waals surface area contributed by atoms with Crippen LogP contribution < -0.4 is 5.73 Å². The van der Waals surface area contributed by atoms with E-state index in [1.165, 1.54) is 12.3 Å². The van der Waals surface area contributed by atoms with Gasteiger partial charge < -0.3 is 20.4 Å². The number of fused-ring (bicyclic) bond motifs is 2. The fourth-order valence-electron chi connectivity index (χ4n) is 4.46. The summed E-state index contributed by atoms with van der Waals surface area (Å²) in [6, 6.07) is 9.52. The van der Waals surface area contributed by atoms with Crippen molar-refractivity contribution in [3.8, 4) is 0 Å². The maximum absolute atomic E-state index is 15.6. The van der Waals surface area contributed by atoms with Crippen molar-refractivity contribution in [1.82, 2.24) is 19.9 Å². The van der Waals surface area contributed by atoms with Crippen molar-refractivity contribution in [2.24, 2.45) is 10.7 Å². The molecule has 3 unspecified atom stereocenters. The third kappa shape index (κ3) is 4.92. The van der Waals surface area contributed by atoms with Gasteiger partial charge in [0.05, 0.1) is 11.0 Å². The van der Waals surface area contributed by atoms with E-state index in [2.05, 4.69) is 24.9 Å². The Morgan fingerprint density at radius 3 is 3.00 bits per heavy atom. The van der Waals surface area contributed by atoms with Crippen molar-refractivity contribution in [2.45, 2.75) is 35.4 Å². The summed E-state index contributed by atoms with van der Waals surface area (Å²) in [6.45, 7) is 0.0683. The van der Waals surface area contributed by atoms with E-state index in [9.17, 15) is 0 Å². The Hall–Kier alpha value is -3.12. The molecule has 4 aromatic rings. The summed E-state index contributed by atoms with van der Waals surface area (Å²) >= 11 is 1.70. The van der Waals surface area contributed by atoms with Crippen molar-refractivity contribution in [1.29, 1.82) is 0 Å². The molecule has 186 valence electrons. The summed E-state index contributed by atoms with van der Waals surface area (Å²) in [6.07, 6.45) is 5.84. The fraction of sp³-hybridized carbons (Fsp3) is 0.269. The lowest BCUT2D eigenvalue weighted by Crippen LogP contribution is -2.40. The first-order valence-corrected chi connectivity index (χ1v) is 12.5. The molecule has 3 atom stereocenters. The first-order valence-electron chi connectivity index (χ1n) is 11.5. The lowest BCUT2D eigenvalue weighted by atomic mass is 9.89. The van der Waals surface area contributed by atoms with Gasteiger partial charge in [-0.2, -0.15) is 0 Å². The second kappa shape index (κ2) is 10.1. The molecule has 0 radical (unpaired) electrons. The maximum atomic E-state index is 15.6. The van der Waals surface area contributed by atoms with E-state index in [-0.39, 0.29) is 19.4 Å². The van der Waals surface area contributed by atoms with E-state index in [0.717, 1.165) is 33.1 Å². The number of rotatable bonds is 7. The van der Waals surface area contributed by atoms with Gasteiger partial charge in [0.1, 0.15) is 30.4 Å². The van der Waals surface area contributed by atoms with Crippen LogP contribution in [0.25, 0.3) is 27.6 Å². The zero-order valence-electron chi connectivity index (χ0n) is 19.5. The van der Waals surface area contributed by atoms with Gasteiger partial charge >= 0.3 is 0 Å². The number of allylic oxidation sites excluding steroid dienone is 2. The van der Waals surface area contributed by atoms with Crippen molar-refractivity contribution in [2.75, 3.05) is 7.05 Å². The van der Waals surface area contributed by atoms with Crippen LogP contribution in [0.2, 0.25) is 0 Å². The molecule has 1 aliphatic rings. The topological polar surface area (TPSA) is 105 Å². The number of pyridine rings is 1. The summed E-state index contributed by atoms with van der Waals surface area (Å²) in [5, 5.41) is 0.825. The highest BCUT2D eigenvalue weighted by molar-refractivity contribution is 14.1. The number of nitrogens with zero attached hydrogens (tertiary/aromatic N) is 3. The number of para-hydroxylation sites is 2. The number of aromatic amines is 2. The second-order valence-electron chi connectivity index (χ2n) is 8.72. The summed E-state index contributed by atoms with van der Waals surface area (Å²) < 4.78 is 34.9. The zero-order chi connectivity index (χ0) is 25.3. The van der Waals surface area contributed by atoms with Crippen LogP contribution >= 0.6 is 22.6 Å². The lowest BCUT2D eigenvalue weighted by molar-refractivity contribution is -0.0271. The number of benzene rings is 1. The number of H-pyrrole nitrogens is 2. The summed E-state index contributed by atoms with van der Waals surface area (Å²) in [7, 11) is 1.66. The first-order chi connectivity index (χ1) is 17.4. The second-order valence-corrected chi connectivity index (χ2v) is 10.4. The minimum atomic E-state index is -1.86. The van der Waals surface area contributed by atoms with Crippen LogP contribution in [0.15, 0.2) is 65.6 Å². The third-order valence-electron chi connectivity index (χ3n) is 6.28. The first kappa shape index (κ1) is 24.6. The van der Waals surface area contributed by atoms with Crippen LogP contribution in [0, 0.1) is 0 Å². The molecule has 0 aliphatic heterocycles. The molecule has 4 N–H and O–H groups in total. The fourth-order valence-corrected chi connectivity index (χ4v) is 5.29. The van der Waals surface area contributed by atoms with Crippen molar-refractivity contribution in [3.05, 3.63) is 77.5 Å². The number of hydrogen-bond acceptors (Lipinski definition) is 5. The van der Waals surface area contributed by atoms with E-state index >= 15 is 8.78 Å². The normalized spacial score (nSPS) is 23.1. The molecule has 3 aromatic heterocycles. The van der Waals surface area contributed by atoms with Gasteiger partial charge in [-0.1, -0.05) is 12.1 Å². The number of hydrogen-bond donors (Lipinski definition) is 3. The van der Waals surface area contributed by atoms with E-state index in [4.69, 9.17) is 10.5 Å². The molecule has 36 heavy (non-hydrogen) atoms. The van der Waals surface area contributed by atoms with Gasteiger partial charge in [-0.3, -0.25) is 4.99 Å². The Kier molecular flexibility index (Phi) is 6.89. The molecule has 10 heteroatoms. The zero-order valence-corrected chi connectivity index (χ0v) is 21.7. The third-order valence-corrected chi connectivity index (χ3v) is 7.29. The van der Waals surface area contributed by atoms with Crippen LogP contribution in [-0.4, -0.2) is 49.1 Å². The average molecular weight is 602 g/mol. The molecule has 0 saturated heterocycles. The molecule has 5 rings (SSSR count). The van der Waals surface area contributed by atoms with E-state index in [1.54, 1.807) is 48.2 Å². The highest BCUT2D eigenvalue weighted by atomic mass is 127. The summed E-state index contributed by atoms with van der Waals surface area (Å²) in [4.78, 5) is 19.2. The number of aliphatic imine (C=N–C) groups is 1. The number of ether oxygens (including phenoxy) is 1. The minimum absolute atomic E-state index is 0.0683. The number of nitrogens with two attached hydrogens (primary N) is 1. The Morgan fingerprint density at radius 1 is 1.39 bits per heavy atom. The van der Waals surface area contributed by atoms with Crippen LogP contribution in [-0.2, 0) is 17.8 Å². The molecule has 0 saturated carbocycles. The van der Waals surface area contributed by atoms with Gasteiger partial charge in [-0.25, -0.2) is 18.7 Å². The van der Waals surface area contributed by atoms with Crippen LogP contribution in [0.3, 0.4) is 0 Å². The quantitative estimate of drug-likeness (QED) is 0.115. The smallest absolute Gasteiger partial charge is 0.205 e. The number of aromatic nitrogens is 4. The van der Waals surface area contributed by atoms with E-state index in [1.807, 2.05) is 30.3 Å². The largest absolute Gasteiger partial charge is 0.404 e.